The zero-order valence-corrected chi connectivity index (χ0v) is 49.4. The Kier molecular flexibility index (Phi) is 21.9. The zero-order chi connectivity index (χ0) is 57.2. The summed E-state index contributed by atoms with van der Waals surface area (Å²) in [5.74, 6) is -1.33. The number of benzene rings is 2. The number of carbonyl (C=O) groups excluding carboxylic acids is 4. The van der Waals surface area contributed by atoms with Crippen molar-refractivity contribution < 1.29 is 56.3 Å². The van der Waals surface area contributed by atoms with E-state index in [4.69, 9.17) is 32.1 Å². The van der Waals surface area contributed by atoms with Crippen LogP contribution in [0.5, 0.6) is 5.75 Å². The molecule has 2 heterocycles. The van der Waals surface area contributed by atoms with Gasteiger partial charge in [0, 0.05) is 34.7 Å². The van der Waals surface area contributed by atoms with Crippen molar-refractivity contribution in [1.82, 2.24) is 25.1 Å². The molecular formula is C55H87N5O14S2. The van der Waals surface area contributed by atoms with Crippen LogP contribution in [0.1, 0.15) is 120 Å². The molecule has 1 aliphatic rings. The van der Waals surface area contributed by atoms with Crippen LogP contribution in [0.4, 0.5) is 4.79 Å². The Hall–Kier alpha value is -4.90. The first-order valence-electron chi connectivity index (χ1n) is 25.6. The molecule has 0 spiro atoms. The summed E-state index contributed by atoms with van der Waals surface area (Å²) in [6.45, 7) is 22.5. The maximum Gasteiger partial charge on any atom is 0.408 e. The number of carbonyl (C=O) groups is 4. The summed E-state index contributed by atoms with van der Waals surface area (Å²) in [6.07, 6.45) is 1.98. The zero-order valence-electron chi connectivity index (χ0n) is 47.8. The number of rotatable bonds is 23. The minimum atomic E-state index is -2.06. The molecule has 2 amide bonds. The average molecular weight is 1110 g/mol. The lowest BCUT2D eigenvalue weighted by atomic mass is 9.99. The van der Waals surface area contributed by atoms with E-state index < -0.39 is 119 Å². The third-order valence-electron chi connectivity index (χ3n) is 13.0. The summed E-state index contributed by atoms with van der Waals surface area (Å²) in [7, 11) is -2.55. The number of aliphatic hydroxyl groups is 1. The molecule has 428 valence electrons. The van der Waals surface area contributed by atoms with Crippen molar-refractivity contribution in [2.24, 2.45) is 0 Å². The van der Waals surface area contributed by atoms with E-state index in [1.54, 1.807) is 97.2 Å². The number of aliphatic hydroxyl groups excluding tert-OH is 1. The Bertz CT molecular complexity index is 2530. The third kappa shape index (κ3) is 18.4. The summed E-state index contributed by atoms with van der Waals surface area (Å²) in [5.41, 5.74) is -1.58. The summed E-state index contributed by atoms with van der Waals surface area (Å²) >= 11 is 0. The highest BCUT2D eigenvalue weighted by atomic mass is 32.3. The first-order valence-corrected chi connectivity index (χ1v) is 30.3. The maximum atomic E-state index is 14.7. The van der Waals surface area contributed by atoms with Crippen molar-refractivity contribution >= 4 is 44.6 Å². The number of hydrogen-bond acceptors (Lipinski definition) is 15. The van der Waals surface area contributed by atoms with E-state index in [1.807, 2.05) is 72.6 Å². The first kappa shape index (κ1) is 63.6. The van der Waals surface area contributed by atoms with Gasteiger partial charge in [-0.25, -0.2) is 9.59 Å². The highest BCUT2D eigenvalue weighted by Gasteiger charge is 2.57. The first-order chi connectivity index (χ1) is 35.0. The SMILES string of the molecule is COc1ccc(Cn2c(=O)ccn([C@@H]3OC([C@H](O)[C@H](NCCCNC(=O)[C@H](CCC(=O)OC(C)(C)C)NC(=O)OCc4ccccc4)C(=O)OC(C)(C)C)[C@@H](OS(C)(C)C(C)(C)C)[C@H]3OS(C)(C)C(C)(C)C)c2=O)cc1. The molecule has 21 heteroatoms. The average Bonchev–Trinajstić information content (AvgIpc) is 3.63. The van der Waals surface area contributed by atoms with E-state index in [1.165, 1.54) is 16.8 Å². The summed E-state index contributed by atoms with van der Waals surface area (Å²) in [6, 6.07) is 14.7. The molecular weight excluding hydrogens is 1020 g/mol. The normalized spacial score (nSPS) is 19.2. The molecule has 2 aromatic carbocycles. The number of nitrogens with one attached hydrogen (secondary N) is 3. The molecule has 0 bridgehead atoms. The molecule has 3 aromatic rings. The van der Waals surface area contributed by atoms with Gasteiger partial charge in [-0.05, 0) is 109 Å². The minimum absolute atomic E-state index is 0.0409. The van der Waals surface area contributed by atoms with Gasteiger partial charge in [-0.15, -0.1) is 20.6 Å². The Morgan fingerprint density at radius 1 is 0.750 bits per heavy atom. The second kappa shape index (κ2) is 26.2. The van der Waals surface area contributed by atoms with Crippen LogP contribution in [-0.4, -0.2) is 141 Å². The van der Waals surface area contributed by atoms with Crippen LogP contribution < -0.4 is 31.9 Å². The van der Waals surface area contributed by atoms with Gasteiger partial charge in [0.1, 0.15) is 60.1 Å². The largest absolute Gasteiger partial charge is 0.497 e. The quantitative estimate of drug-likeness (QED) is 0.0431. The topological polar surface area (TPSA) is 233 Å². The lowest BCUT2D eigenvalue weighted by Gasteiger charge is -2.50. The van der Waals surface area contributed by atoms with Crippen LogP contribution in [0.3, 0.4) is 0 Å². The number of hydrogen-bond donors (Lipinski definition) is 4. The van der Waals surface area contributed by atoms with Gasteiger partial charge in [0.05, 0.1) is 13.7 Å². The maximum absolute atomic E-state index is 14.7. The monoisotopic (exact) mass is 1110 g/mol. The van der Waals surface area contributed by atoms with Gasteiger partial charge in [-0.1, -0.05) is 84.0 Å². The van der Waals surface area contributed by atoms with E-state index in [-0.39, 0.29) is 45.5 Å². The number of methoxy groups -OCH3 is 1. The highest BCUT2D eigenvalue weighted by Crippen LogP contribution is 2.60. The second-order valence-electron chi connectivity index (χ2n) is 23.6. The van der Waals surface area contributed by atoms with Crippen molar-refractivity contribution in [2.75, 3.05) is 45.2 Å². The van der Waals surface area contributed by atoms with Gasteiger partial charge in [0.15, 0.2) is 6.23 Å². The van der Waals surface area contributed by atoms with Gasteiger partial charge in [0.2, 0.25) is 5.91 Å². The molecule has 7 atom stereocenters. The number of esters is 2. The number of nitrogens with zero attached hydrogens (tertiary/aromatic N) is 2. The van der Waals surface area contributed by atoms with Gasteiger partial charge in [-0.2, -0.15) is 0 Å². The molecule has 4 N–H and O–H groups in total. The Labute approximate surface area is 452 Å². The van der Waals surface area contributed by atoms with Gasteiger partial charge in [0.25, 0.3) is 5.56 Å². The molecule has 0 saturated carbocycles. The van der Waals surface area contributed by atoms with E-state index >= 15 is 0 Å². The lowest BCUT2D eigenvalue weighted by Crippen LogP contribution is -2.57. The molecule has 1 aliphatic heterocycles. The molecule has 4 rings (SSSR count). The molecule has 76 heavy (non-hydrogen) atoms. The highest BCUT2D eigenvalue weighted by molar-refractivity contribution is 8.30. The van der Waals surface area contributed by atoms with Crippen LogP contribution in [0.25, 0.3) is 0 Å². The minimum Gasteiger partial charge on any atom is -0.497 e. The third-order valence-corrected chi connectivity index (χ3v) is 20.3. The standard InChI is InChI=1S/C55H87N5O14S2/c1-52(2,3)71-41(62)29-28-39(58-50(66)69-35-37-22-19-18-20-23-37)47(64)57-32-21-31-56-42(49(65)72-53(4,5)6)43(63)44-45(73-75(14,15)54(7,8)9)46(74-76(16,17)55(10,11)12)48(70-44)59-33-30-40(61)60(51(59)67)34-36-24-26-38(68-13)27-25-36/h18-20,22-27,30,33,39,42-46,48,56,63H,21,28-29,31-32,34-35H2,1-17H3,(H,57,64)(H,58,66)/t39-,42-,43+,44?,45+,46+,48+/m0/s1. The van der Waals surface area contributed by atoms with Crippen LogP contribution in [0.2, 0.25) is 0 Å². The molecule has 1 unspecified atom stereocenters. The van der Waals surface area contributed by atoms with Crippen LogP contribution >= 0.6 is 20.6 Å². The molecule has 0 aliphatic carbocycles. The fourth-order valence-corrected chi connectivity index (χ4v) is 9.53. The van der Waals surface area contributed by atoms with E-state index in [0.29, 0.717) is 11.3 Å². The lowest BCUT2D eigenvalue weighted by molar-refractivity contribution is -0.166. The Balaban J connectivity index is 1.69. The summed E-state index contributed by atoms with van der Waals surface area (Å²) < 4.78 is 44.8. The smallest absolute Gasteiger partial charge is 0.408 e. The van der Waals surface area contributed by atoms with Gasteiger partial charge < -0.3 is 53.1 Å². The molecule has 1 aromatic heterocycles. The Morgan fingerprint density at radius 2 is 1.33 bits per heavy atom. The van der Waals surface area contributed by atoms with Crippen molar-refractivity contribution in [3.05, 3.63) is 98.8 Å². The van der Waals surface area contributed by atoms with Gasteiger partial charge >= 0.3 is 23.7 Å². The van der Waals surface area contributed by atoms with Crippen molar-refractivity contribution in [2.45, 2.75) is 179 Å². The molecule has 1 saturated heterocycles. The van der Waals surface area contributed by atoms with E-state index in [2.05, 4.69) is 16.0 Å². The van der Waals surface area contributed by atoms with Crippen LogP contribution in [-0.2, 0) is 54.8 Å². The fourth-order valence-electron chi connectivity index (χ4n) is 7.41. The van der Waals surface area contributed by atoms with Crippen molar-refractivity contribution in [3.63, 3.8) is 0 Å². The number of amides is 2. The molecule has 19 nitrogen and oxygen atoms in total. The van der Waals surface area contributed by atoms with Crippen LogP contribution in [0.15, 0.2) is 76.4 Å². The van der Waals surface area contributed by atoms with Gasteiger partial charge in [-0.3, -0.25) is 28.3 Å². The number of alkyl carbamates (subject to hydrolysis) is 1. The predicted molar refractivity (Wildman–Crippen MR) is 299 cm³/mol. The van der Waals surface area contributed by atoms with E-state index in [9.17, 15) is 33.9 Å². The van der Waals surface area contributed by atoms with Crippen molar-refractivity contribution in [3.8, 4) is 5.75 Å². The molecule has 1 fully saturated rings. The predicted octanol–water partition coefficient (Wildman–Crippen LogP) is 6.87. The van der Waals surface area contributed by atoms with Crippen molar-refractivity contribution in [1.29, 1.82) is 0 Å². The fraction of sp³-hybridized carbons (Fsp3) is 0.636. The molecule has 0 radical (unpaired) electrons. The van der Waals surface area contributed by atoms with E-state index in [0.717, 1.165) is 10.1 Å². The van der Waals surface area contributed by atoms with Crippen LogP contribution in [0, 0.1) is 0 Å². The Morgan fingerprint density at radius 3 is 1.88 bits per heavy atom. The summed E-state index contributed by atoms with van der Waals surface area (Å²) in [4.78, 5) is 81.8. The second-order valence-corrected chi connectivity index (χ2v) is 31.3. The number of aromatic nitrogens is 2. The summed E-state index contributed by atoms with van der Waals surface area (Å²) in [5, 5.41) is 21.3. The number of ether oxygens (including phenoxy) is 5.